The molecule has 1 aromatic carbocycles. The number of amides is 3. The number of aromatic hydroxyl groups is 1. The number of unbranched alkanes of at least 4 members (excludes halogenated alkanes) is 1. The number of benzene rings is 1. The zero-order valence-electron chi connectivity index (χ0n) is 22.3. The van der Waals surface area contributed by atoms with Crippen LogP contribution in [0.15, 0.2) is 18.2 Å². The Morgan fingerprint density at radius 1 is 1.17 bits per heavy atom. The standard InChI is InChI=1S/C27H43N3O6/c1-6-7-15-30(25(34)21(17-31)29-26(35)36-27(3,4)5)23(19-13-14-22(32)18(2)16-19)24(33)28-20-11-9-8-10-12-20/h13-14,16,20-21,23,31-32H,6-12,15,17H2,1-5H3,(H,28,33)(H,29,35). The smallest absolute Gasteiger partial charge is 0.408 e. The molecule has 0 saturated heterocycles. The molecule has 4 N–H and O–H groups in total. The molecular formula is C27H43N3O6. The van der Waals surface area contributed by atoms with Gasteiger partial charge in [0.15, 0.2) is 0 Å². The van der Waals surface area contributed by atoms with Gasteiger partial charge in [-0.15, -0.1) is 0 Å². The lowest BCUT2D eigenvalue weighted by Gasteiger charge is -2.35. The SMILES string of the molecule is CCCCN(C(=O)C(CO)NC(=O)OC(C)(C)C)C(C(=O)NC1CCCCC1)c1ccc(O)c(C)c1. The normalized spacial score (nSPS) is 16.1. The molecule has 9 heteroatoms. The highest BCUT2D eigenvalue weighted by Gasteiger charge is 2.36. The first-order valence-electron chi connectivity index (χ1n) is 13.0. The predicted octanol–water partition coefficient (Wildman–Crippen LogP) is 3.70. The van der Waals surface area contributed by atoms with E-state index in [1.54, 1.807) is 39.8 Å². The third-order valence-corrected chi connectivity index (χ3v) is 6.26. The fraction of sp³-hybridized carbons (Fsp3) is 0.667. The molecule has 202 valence electrons. The Hall–Kier alpha value is -2.81. The number of nitrogens with zero attached hydrogens (tertiary/aromatic N) is 1. The van der Waals surface area contributed by atoms with Crippen molar-refractivity contribution in [2.45, 2.75) is 103 Å². The molecule has 1 aliphatic carbocycles. The highest BCUT2D eigenvalue weighted by Crippen LogP contribution is 2.28. The molecule has 0 heterocycles. The number of hydrogen-bond donors (Lipinski definition) is 4. The highest BCUT2D eigenvalue weighted by molar-refractivity contribution is 5.92. The van der Waals surface area contributed by atoms with Crippen molar-refractivity contribution >= 4 is 17.9 Å². The molecule has 0 aromatic heterocycles. The summed E-state index contributed by atoms with van der Waals surface area (Å²) in [6.45, 7) is 8.43. The first-order chi connectivity index (χ1) is 17.0. The van der Waals surface area contributed by atoms with Gasteiger partial charge < -0.3 is 30.5 Å². The third kappa shape index (κ3) is 8.69. The molecule has 36 heavy (non-hydrogen) atoms. The van der Waals surface area contributed by atoms with Crippen LogP contribution in [0.25, 0.3) is 0 Å². The van der Waals surface area contributed by atoms with E-state index in [-0.39, 0.29) is 24.2 Å². The maximum Gasteiger partial charge on any atom is 0.408 e. The molecule has 1 saturated carbocycles. The Kier molecular flexibility index (Phi) is 11.0. The van der Waals surface area contributed by atoms with Gasteiger partial charge in [0, 0.05) is 12.6 Å². The summed E-state index contributed by atoms with van der Waals surface area (Å²) in [5.41, 5.74) is 0.356. The van der Waals surface area contributed by atoms with Crippen molar-refractivity contribution < 1.29 is 29.3 Å². The Morgan fingerprint density at radius 3 is 2.39 bits per heavy atom. The molecule has 1 aromatic rings. The maximum atomic E-state index is 13.7. The van der Waals surface area contributed by atoms with Crippen molar-refractivity contribution in [1.29, 1.82) is 0 Å². The second kappa shape index (κ2) is 13.5. The van der Waals surface area contributed by atoms with E-state index in [1.165, 1.54) is 11.0 Å². The molecule has 0 radical (unpaired) electrons. The fourth-order valence-corrected chi connectivity index (χ4v) is 4.38. The lowest BCUT2D eigenvalue weighted by atomic mass is 9.94. The van der Waals surface area contributed by atoms with Crippen LogP contribution in [-0.2, 0) is 14.3 Å². The van der Waals surface area contributed by atoms with Crippen LogP contribution in [0.4, 0.5) is 4.79 Å². The lowest BCUT2D eigenvalue weighted by molar-refractivity contribution is -0.143. The van der Waals surface area contributed by atoms with Crippen molar-refractivity contribution in [1.82, 2.24) is 15.5 Å². The second-order valence-corrected chi connectivity index (χ2v) is 10.6. The maximum absolute atomic E-state index is 13.7. The van der Waals surface area contributed by atoms with Gasteiger partial charge in [-0.25, -0.2) is 4.79 Å². The van der Waals surface area contributed by atoms with Crippen molar-refractivity contribution in [3.8, 4) is 5.75 Å². The quantitative estimate of drug-likeness (QED) is 0.384. The zero-order chi connectivity index (χ0) is 26.9. The number of aryl methyl sites for hydroxylation is 1. The van der Waals surface area contributed by atoms with Crippen LogP contribution in [0.2, 0.25) is 0 Å². The number of ether oxygens (including phenoxy) is 1. The summed E-state index contributed by atoms with van der Waals surface area (Å²) in [4.78, 5) is 41.2. The average Bonchev–Trinajstić information content (AvgIpc) is 2.81. The van der Waals surface area contributed by atoms with E-state index >= 15 is 0 Å². The largest absolute Gasteiger partial charge is 0.508 e. The molecule has 1 fully saturated rings. The van der Waals surface area contributed by atoms with E-state index in [1.807, 2.05) is 6.92 Å². The summed E-state index contributed by atoms with van der Waals surface area (Å²) in [6.07, 6.45) is 5.57. The number of phenols is 1. The number of carbonyl (C=O) groups is 3. The van der Waals surface area contributed by atoms with E-state index in [2.05, 4.69) is 10.6 Å². The molecule has 0 spiro atoms. The molecule has 0 bridgehead atoms. The number of aliphatic hydroxyl groups is 1. The molecule has 2 atom stereocenters. The summed E-state index contributed by atoms with van der Waals surface area (Å²) in [6, 6.07) is 2.61. The summed E-state index contributed by atoms with van der Waals surface area (Å²) in [5.74, 6) is -0.798. The van der Waals surface area contributed by atoms with Crippen LogP contribution < -0.4 is 10.6 Å². The van der Waals surface area contributed by atoms with Gasteiger partial charge in [0.05, 0.1) is 6.61 Å². The Labute approximate surface area is 214 Å². The van der Waals surface area contributed by atoms with Crippen LogP contribution in [0.5, 0.6) is 5.75 Å². The van der Waals surface area contributed by atoms with Gasteiger partial charge in [-0.3, -0.25) is 9.59 Å². The van der Waals surface area contributed by atoms with E-state index in [9.17, 15) is 24.6 Å². The van der Waals surface area contributed by atoms with Crippen LogP contribution >= 0.6 is 0 Å². The van der Waals surface area contributed by atoms with Gasteiger partial charge in [0.25, 0.3) is 0 Å². The van der Waals surface area contributed by atoms with E-state index in [4.69, 9.17) is 4.74 Å². The molecule has 2 rings (SSSR count). The van der Waals surface area contributed by atoms with Gasteiger partial charge in [0.2, 0.25) is 11.8 Å². The monoisotopic (exact) mass is 505 g/mol. The van der Waals surface area contributed by atoms with Gasteiger partial charge >= 0.3 is 6.09 Å². The molecule has 2 unspecified atom stereocenters. The molecule has 1 aliphatic rings. The van der Waals surface area contributed by atoms with E-state index < -0.39 is 36.3 Å². The number of hydrogen-bond acceptors (Lipinski definition) is 6. The molecule has 3 amide bonds. The minimum Gasteiger partial charge on any atom is -0.508 e. The number of aliphatic hydroxyl groups excluding tert-OH is 1. The van der Waals surface area contributed by atoms with Crippen molar-refractivity contribution in [3.63, 3.8) is 0 Å². The van der Waals surface area contributed by atoms with Gasteiger partial charge in [-0.1, -0.05) is 38.7 Å². The molecule has 0 aliphatic heterocycles. The predicted molar refractivity (Wildman–Crippen MR) is 137 cm³/mol. The van der Waals surface area contributed by atoms with E-state index in [0.29, 0.717) is 17.5 Å². The lowest BCUT2D eigenvalue weighted by Crippen LogP contribution is -2.55. The Morgan fingerprint density at radius 2 is 1.83 bits per heavy atom. The number of alkyl carbamates (subject to hydrolysis) is 1. The van der Waals surface area contributed by atoms with E-state index in [0.717, 1.165) is 38.5 Å². The van der Waals surface area contributed by atoms with Crippen LogP contribution in [0, 0.1) is 6.92 Å². The second-order valence-electron chi connectivity index (χ2n) is 10.6. The van der Waals surface area contributed by atoms with Crippen LogP contribution in [0.3, 0.4) is 0 Å². The van der Waals surface area contributed by atoms with Crippen molar-refractivity contribution in [2.75, 3.05) is 13.2 Å². The van der Waals surface area contributed by atoms with Gasteiger partial charge in [0.1, 0.15) is 23.4 Å². The van der Waals surface area contributed by atoms with Crippen molar-refractivity contribution in [3.05, 3.63) is 29.3 Å². The Balaban J connectivity index is 2.41. The topological polar surface area (TPSA) is 128 Å². The third-order valence-electron chi connectivity index (χ3n) is 6.26. The minimum atomic E-state index is -1.28. The van der Waals surface area contributed by atoms with Crippen LogP contribution in [0.1, 0.15) is 89.8 Å². The number of phenolic OH excluding ortho intramolecular Hbond substituents is 1. The summed E-state index contributed by atoms with van der Waals surface area (Å²) in [5, 5.41) is 25.6. The number of nitrogens with one attached hydrogen (secondary N) is 2. The average molecular weight is 506 g/mol. The highest BCUT2D eigenvalue weighted by atomic mass is 16.6. The van der Waals surface area contributed by atoms with Gasteiger partial charge in [-0.2, -0.15) is 0 Å². The summed E-state index contributed by atoms with van der Waals surface area (Å²) in [7, 11) is 0. The van der Waals surface area contributed by atoms with Crippen LogP contribution in [-0.4, -0.2) is 63.9 Å². The van der Waals surface area contributed by atoms with Gasteiger partial charge in [-0.05, 0) is 70.2 Å². The molecular weight excluding hydrogens is 462 g/mol. The zero-order valence-corrected chi connectivity index (χ0v) is 22.3. The Bertz CT molecular complexity index is 892. The summed E-state index contributed by atoms with van der Waals surface area (Å²) < 4.78 is 5.26. The summed E-state index contributed by atoms with van der Waals surface area (Å²) >= 11 is 0. The molecule has 9 nitrogen and oxygen atoms in total. The minimum absolute atomic E-state index is 0.0311. The van der Waals surface area contributed by atoms with Crippen molar-refractivity contribution in [2.24, 2.45) is 0 Å². The first-order valence-corrected chi connectivity index (χ1v) is 13.0. The first kappa shape index (κ1) is 29.4. The fourth-order valence-electron chi connectivity index (χ4n) is 4.38. The number of carbonyl (C=O) groups excluding carboxylic acids is 3. The number of rotatable bonds is 10.